The van der Waals surface area contributed by atoms with Crippen molar-refractivity contribution in [1.82, 2.24) is 14.9 Å². The van der Waals surface area contributed by atoms with Crippen molar-refractivity contribution in [1.29, 1.82) is 0 Å². The summed E-state index contributed by atoms with van der Waals surface area (Å²) < 4.78 is 76.4. The molecule has 2 saturated heterocycles. The number of nitrogens with zero attached hydrogens (tertiary/aromatic N) is 4. The average Bonchev–Trinajstić information content (AvgIpc) is 3.51. The molecule has 35 heavy (non-hydrogen) atoms. The molecule has 2 aliphatic heterocycles. The molecule has 0 spiro atoms. The summed E-state index contributed by atoms with van der Waals surface area (Å²) in [5.41, 5.74) is -1.45. The van der Waals surface area contributed by atoms with Crippen LogP contribution in [0.25, 0.3) is 21.7 Å². The Morgan fingerprint density at radius 3 is 2.49 bits per heavy atom. The molecule has 2 bridgehead atoms. The molecule has 3 atom stereocenters. The minimum absolute atomic E-state index is 0.0603. The predicted octanol–water partition coefficient (Wildman–Crippen LogP) is 4.48. The van der Waals surface area contributed by atoms with Gasteiger partial charge in [-0.25, -0.2) is 18.6 Å². The minimum Gasteiger partial charge on any atom is -0.465 e. The van der Waals surface area contributed by atoms with Crippen molar-refractivity contribution in [2.45, 2.75) is 43.8 Å². The first-order valence-corrected chi connectivity index (χ1v) is 11.3. The first-order valence-electron chi connectivity index (χ1n) is 10.4. The third-order valence-corrected chi connectivity index (χ3v) is 6.86. The Hall–Kier alpha value is -3.20. The first kappa shape index (κ1) is 23.5. The van der Waals surface area contributed by atoms with Gasteiger partial charge in [0.1, 0.15) is 11.1 Å². The summed E-state index contributed by atoms with van der Waals surface area (Å²) in [6, 6.07) is 0.0964. The Labute approximate surface area is 197 Å². The van der Waals surface area contributed by atoms with Gasteiger partial charge in [0.2, 0.25) is 0 Å². The van der Waals surface area contributed by atoms with E-state index in [2.05, 4.69) is 14.7 Å². The zero-order valence-corrected chi connectivity index (χ0v) is 18.4. The second-order valence-electron chi connectivity index (χ2n) is 8.16. The van der Waals surface area contributed by atoms with Gasteiger partial charge in [-0.15, -0.1) is 24.5 Å². The van der Waals surface area contributed by atoms with Gasteiger partial charge < -0.3 is 24.3 Å². The number of aromatic nitrogens is 2. The number of benzene rings is 1. The number of aliphatic hydroxyl groups excluding tert-OH is 1. The molecule has 2 fully saturated rings. The number of hydrogen-bond donors (Lipinski definition) is 2. The number of halogens is 5. The van der Waals surface area contributed by atoms with Crippen LogP contribution < -0.4 is 9.64 Å². The highest BCUT2D eigenvalue weighted by atomic mass is 32.1. The molecular formula is C20H17F5N4O5S. The molecule has 2 N–H and O–H groups in total. The summed E-state index contributed by atoms with van der Waals surface area (Å²) in [4.78, 5) is 22.7. The number of hydrogen-bond acceptors (Lipinski definition) is 8. The highest BCUT2D eigenvalue weighted by Crippen LogP contribution is 2.45. The third kappa shape index (κ3) is 4.22. The molecule has 9 nitrogen and oxygen atoms in total. The van der Waals surface area contributed by atoms with E-state index in [1.54, 1.807) is 10.3 Å². The summed E-state index contributed by atoms with van der Waals surface area (Å²) in [6.07, 6.45) is -9.71. The molecule has 1 amide bonds. The number of anilines is 1. The lowest BCUT2D eigenvalue weighted by Crippen LogP contribution is -2.55. The number of fused-ring (bicyclic) bond motifs is 3. The zero-order chi connectivity index (χ0) is 25.1. The van der Waals surface area contributed by atoms with Crippen molar-refractivity contribution in [3.63, 3.8) is 0 Å². The lowest BCUT2D eigenvalue weighted by molar-refractivity contribution is -0.274. The van der Waals surface area contributed by atoms with Crippen LogP contribution in [0.2, 0.25) is 0 Å². The molecule has 1 aromatic carbocycles. The minimum atomic E-state index is -5.27. The second kappa shape index (κ2) is 8.48. The average molecular weight is 520 g/mol. The van der Waals surface area contributed by atoms with Crippen molar-refractivity contribution in [3.8, 4) is 16.3 Å². The van der Waals surface area contributed by atoms with Crippen LogP contribution in [-0.4, -0.2) is 69.1 Å². The molecule has 188 valence electrons. The number of thiazole rings is 1. The number of piperazine rings is 1. The Morgan fingerprint density at radius 2 is 1.94 bits per heavy atom. The van der Waals surface area contributed by atoms with Gasteiger partial charge in [0.25, 0.3) is 12.4 Å². The van der Waals surface area contributed by atoms with Crippen LogP contribution in [0.15, 0.2) is 22.1 Å². The molecule has 5 rings (SSSR count). The van der Waals surface area contributed by atoms with Crippen molar-refractivity contribution < 1.29 is 46.1 Å². The van der Waals surface area contributed by atoms with Gasteiger partial charge in [0.15, 0.2) is 16.8 Å². The standard InChI is InChI=1S/C20H17F5N4O5S/c21-16(22)13(30)10-5-11(17-26-3-4-35-17)14-12(15(10)34-20(23,24)25)27-18(33-14)28-6-8-1-2-9(7-28)29(8)19(31)32/h3-5,8-9,13,16,30H,1-2,6-7H2,(H,31,32). The Bertz CT molecular complexity index is 1240. The molecule has 2 aliphatic rings. The fraction of sp³-hybridized carbons (Fsp3) is 0.450. The summed E-state index contributed by atoms with van der Waals surface area (Å²) in [6.45, 7) is 0.369. The molecular weight excluding hydrogens is 503 g/mol. The SMILES string of the molecule is O=C(O)N1C2CCC1CN(c1nc3c(OC(F)(F)F)c(C(O)C(F)F)cc(-c4nccs4)c3o1)C2. The van der Waals surface area contributed by atoms with Gasteiger partial charge in [0.05, 0.1) is 17.6 Å². The summed E-state index contributed by atoms with van der Waals surface area (Å²) in [5, 5.41) is 21.3. The van der Waals surface area contributed by atoms with Gasteiger partial charge in [-0.05, 0) is 18.9 Å². The van der Waals surface area contributed by atoms with Crippen molar-refractivity contribution in [2.24, 2.45) is 0 Å². The Morgan fingerprint density at radius 1 is 1.26 bits per heavy atom. The van der Waals surface area contributed by atoms with Gasteiger partial charge in [0, 0.05) is 30.2 Å². The molecule has 2 aromatic heterocycles. The van der Waals surface area contributed by atoms with Crippen molar-refractivity contribution >= 4 is 34.5 Å². The number of amides is 1. The molecule has 0 saturated carbocycles. The quantitative estimate of drug-likeness (QED) is 0.474. The van der Waals surface area contributed by atoms with E-state index in [9.17, 15) is 37.0 Å². The Kier molecular flexibility index (Phi) is 5.70. The maximum absolute atomic E-state index is 13.4. The number of ether oxygens (including phenoxy) is 1. The van der Waals surface area contributed by atoms with Crippen LogP contribution in [0.1, 0.15) is 24.5 Å². The van der Waals surface area contributed by atoms with Gasteiger partial charge in [-0.3, -0.25) is 4.90 Å². The molecule has 3 aromatic rings. The van der Waals surface area contributed by atoms with E-state index in [0.29, 0.717) is 12.8 Å². The normalized spacial score (nSPS) is 21.2. The predicted molar refractivity (Wildman–Crippen MR) is 112 cm³/mol. The highest BCUT2D eigenvalue weighted by Gasteiger charge is 2.44. The summed E-state index contributed by atoms with van der Waals surface area (Å²) in [5.74, 6) is -1.09. The monoisotopic (exact) mass is 520 g/mol. The lowest BCUT2D eigenvalue weighted by atomic mass is 10.0. The van der Waals surface area contributed by atoms with Gasteiger partial charge in [-0.1, -0.05) is 0 Å². The third-order valence-electron chi connectivity index (χ3n) is 6.05. The largest absolute Gasteiger partial charge is 0.573 e. The molecule has 3 unspecified atom stereocenters. The van der Waals surface area contributed by atoms with Crippen LogP contribution in [0.5, 0.6) is 5.75 Å². The first-order chi connectivity index (χ1) is 16.5. The van der Waals surface area contributed by atoms with Gasteiger partial charge in [-0.2, -0.15) is 4.98 Å². The fourth-order valence-corrected chi connectivity index (χ4v) is 5.32. The smallest absolute Gasteiger partial charge is 0.465 e. The maximum atomic E-state index is 13.4. The molecule has 0 radical (unpaired) electrons. The van der Waals surface area contributed by atoms with Crippen molar-refractivity contribution in [3.05, 3.63) is 23.2 Å². The van der Waals surface area contributed by atoms with Crippen LogP contribution in [0.4, 0.5) is 32.8 Å². The van der Waals surface area contributed by atoms with Crippen LogP contribution in [0.3, 0.4) is 0 Å². The summed E-state index contributed by atoms with van der Waals surface area (Å²) in [7, 11) is 0. The van der Waals surface area contributed by atoms with E-state index in [-0.39, 0.29) is 47.3 Å². The number of carbonyl (C=O) groups is 1. The van der Waals surface area contributed by atoms with E-state index in [1.807, 2.05) is 0 Å². The molecule has 15 heteroatoms. The highest BCUT2D eigenvalue weighted by molar-refractivity contribution is 7.13. The lowest BCUT2D eigenvalue weighted by Gasteiger charge is -2.38. The van der Waals surface area contributed by atoms with E-state index in [0.717, 1.165) is 17.4 Å². The number of carboxylic acid groups (broad SMARTS) is 1. The summed E-state index contributed by atoms with van der Waals surface area (Å²) >= 11 is 1.08. The van der Waals surface area contributed by atoms with Gasteiger partial charge >= 0.3 is 12.5 Å². The second-order valence-corrected chi connectivity index (χ2v) is 9.06. The van der Waals surface area contributed by atoms with E-state index in [1.165, 1.54) is 11.1 Å². The van der Waals surface area contributed by atoms with E-state index < -0.39 is 41.8 Å². The molecule has 0 aliphatic carbocycles. The zero-order valence-electron chi connectivity index (χ0n) is 17.6. The Balaban J connectivity index is 1.67. The van der Waals surface area contributed by atoms with Crippen LogP contribution in [-0.2, 0) is 0 Å². The number of alkyl halides is 5. The maximum Gasteiger partial charge on any atom is 0.573 e. The number of aliphatic hydroxyl groups is 1. The topological polar surface area (TPSA) is 112 Å². The number of rotatable bonds is 5. The fourth-order valence-electron chi connectivity index (χ4n) is 4.67. The van der Waals surface area contributed by atoms with Crippen LogP contribution in [0, 0.1) is 0 Å². The van der Waals surface area contributed by atoms with Crippen molar-refractivity contribution in [2.75, 3.05) is 18.0 Å². The van der Waals surface area contributed by atoms with E-state index in [4.69, 9.17) is 4.42 Å². The van der Waals surface area contributed by atoms with E-state index >= 15 is 0 Å². The number of oxazole rings is 1. The molecule has 4 heterocycles. The van der Waals surface area contributed by atoms with Crippen LogP contribution >= 0.6 is 11.3 Å².